The molecule has 7 heteroatoms. The number of carbonyl (C=O) groups excluding carboxylic acids is 1. The number of anilines is 1. The summed E-state index contributed by atoms with van der Waals surface area (Å²) in [4.78, 5) is 18.4. The highest BCUT2D eigenvalue weighted by molar-refractivity contribution is 7.25. The highest BCUT2D eigenvalue weighted by Crippen LogP contribution is 2.46. The van der Waals surface area contributed by atoms with Gasteiger partial charge in [0.2, 0.25) is 0 Å². The molecule has 1 aromatic carbocycles. The lowest BCUT2D eigenvalue weighted by atomic mass is 10.0. The van der Waals surface area contributed by atoms with Gasteiger partial charge in [0.05, 0.1) is 22.1 Å². The molecule has 4 rings (SSSR count). The second kappa shape index (κ2) is 7.33. The highest BCUT2D eigenvalue weighted by atomic mass is 32.1. The molecule has 0 aliphatic carbocycles. The van der Waals surface area contributed by atoms with Crippen LogP contribution in [-0.4, -0.2) is 12.1 Å². The summed E-state index contributed by atoms with van der Waals surface area (Å²) < 4.78 is 18.8. The first-order valence-corrected chi connectivity index (χ1v) is 10.4. The van der Waals surface area contributed by atoms with Crippen LogP contribution < -0.4 is 10.7 Å². The standard InChI is InChI=1S/C21H17FN2O2S2/c1-11(2)26-21(25)15-10-14(23)18-17(12-5-7-13(22)8-6-12)19(28-20(18)24-15)16-4-3-9-27-16/h3-11H,1-2H3,(H2,23,24)/p+1. The molecule has 4 aromatic rings. The zero-order valence-electron chi connectivity index (χ0n) is 15.3. The van der Waals surface area contributed by atoms with E-state index in [1.165, 1.54) is 23.5 Å². The van der Waals surface area contributed by atoms with Crippen LogP contribution >= 0.6 is 22.7 Å². The molecular formula is C21H18FN2O2S2+. The number of H-pyrrole nitrogens is 1. The first-order chi connectivity index (χ1) is 13.4. The van der Waals surface area contributed by atoms with Gasteiger partial charge < -0.3 is 10.5 Å². The molecule has 142 valence electrons. The van der Waals surface area contributed by atoms with E-state index >= 15 is 0 Å². The maximum Gasteiger partial charge on any atom is 0.403 e. The van der Waals surface area contributed by atoms with E-state index in [1.807, 2.05) is 17.5 Å². The van der Waals surface area contributed by atoms with E-state index in [0.29, 0.717) is 11.4 Å². The number of benzene rings is 1. The Hall–Kier alpha value is -2.77. The van der Waals surface area contributed by atoms with Crippen LogP contribution in [0.5, 0.6) is 0 Å². The zero-order valence-corrected chi connectivity index (χ0v) is 16.9. The van der Waals surface area contributed by atoms with Gasteiger partial charge in [0.25, 0.3) is 10.5 Å². The van der Waals surface area contributed by atoms with Crippen molar-refractivity contribution in [2.24, 2.45) is 0 Å². The Morgan fingerprint density at radius 1 is 1.21 bits per heavy atom. The number of nitrogens with two attached hydrogens (primary N) is 1. The van der Waals surface area contributed by atoms with Gasteiger partial charge in [-0.1, -0.05) is 29.5 Å². The average Bonchev–Trinajstić information content (AvgIpc) is 3.29. The number of halogens is 1. The van der Waals surface area contributed by atoms with Crippen LogP contribution in [0, 0.1) is 5.82 Å². The van der Waals surface area contributed by atoms with Crippen LogP contribution in [0.1, 0.15) is 24.3 Å². The fourth-order valence-electron chi connectivity index (χ4n) is 3.04. The van der Waals surface area contributed by atoms with Crippen LogP contribution in [0.15, 0.2) is 47.8 Å². The van der Waals surface area contributed by atoms with E-state index in [9.17, 15) is 9.18 Å². The van der Waals surface area contributed by atoms with Crippen molar-refractivity contribution in [2.75, 3.05) is 5.73 Å². The van der Waals surface area contributed by atoms with E-state index < -0.39 is 5.97 Å². The van der Waals surface area contributed by atoms with Crippen molar-refractivity contribution in [3.8, 4) is 20.9 Å². The van der Waals surface area contributed by atoms with Crippen molar-refractivity contribution in [1.29, 1.82) is 0 Å². The molecule has 0 bridgehead atoms. The molecule has 0 unspecified atom stereocenters. The minimum atomic E-state index is -0.446. The van der Waals surface area contributed by atoms with Gasteiger partial charge in [-0.15, -0.1) is 11.3 Å². The van der Waals surface area contributed by atoms with Crippen molar-refractivity contribution in [3.05, 3.63) is 59.4 Å². The summed E-state index contributed by atoms with van der Waals surface area (Å²) in [6.07, 6.45) is -0.224. The van der Waals surface area contributed by atoms with E-state index in [0.717, 1.165) is 31.1 Å². The van der Waals surface area contributed by atoms with Crippen molar-refractivity contribution >= 4 is 44.5 Å². The number of hydrogen-bond acceptors (Lipinski definition) is 5. The largest absolute Gasteiger partial charge is 0.455 e. The Morgan fingerprint density at radius 3 is 2.61 bits per heavy atom. The normalized spacial score (nSPS) is 11.3. The number of esters is 1. The number of carbonyl (C=O) groups is 1. The molecule has 3 aromatic heterocycles. The van der Waals surface area contributed by atoms with Gasteiger partial charge in [0.1, 0.15) is 5.82 Å². The second-order valence-corrected chi connectivity index (χ2v) is 8.56. The van der Waals surface area contributed by atoms with Crippen LogP contribution in [-0.2, 0) is 4.74 Å². The predicted octanol–water partition coefficient (Wildman–Crippen LogP) is 5.40. The fourth-order valence-corrected chi connectivity index (χ4v) is 5.16. The number of rotatable bonds is 4. The number of ether oxygens (including phenoxy) is 1. The number of hydrogen-bond donors (Lipinski definition) is 1. The van der Waals surface area contributed by atoms with Gasteiger partial charge in [-0.25, -0.2) is 9.18 Å². The monoisotopic (exact) mass is 413 g/mol. The summed E-state index contributed by atoms with van der Waals surface area (Å²) in [5, 5.41) is 2.83. The van der Waals surface area contributed by atoms with Gasteiger partial charge in [-0.2, -0.15) is 4.98 Å². The smallest absolute Gasteiger partial charge is 0.403 e. The van der Waals surface area contributed by atoms with Crippen LogP contribution in [0.4, 0.5) is 10.1 Å². The molecule has 28 heavy (non-hydrogen) atoms. The molecule has 0 aliphatic rings. The molecule has 0 atom stereocenters. The summed E-state index contributed by atoms with van der Waals surface area (Å²) in [6.45, 7) is 3.60. The summed E-state index contributed by atoms with van der Waals surface area (Å²) in [5.74, 6) is -0.739. The van der Waals surface area contributed by atoms with Gasteiger partial charge in [-0.3, -0.25) is 0 Å². The Bertz CT molecular complexity index is 1150. The molecule has 0 saturated carbocycles. The molecule has 4 nitrogen and oxygen atoms in total. The Morgan fingerprint density at radius 2 is 1.96 bits per heavy atom. The number of pyridine rings is 1. The Labute approximate surface area is 169 Å². The minimum absolute atomic E-state index is 0.224. The topological polar surface area (TPSA) is 66.5 Å². The Kier molecular flexibility index (Phi) is 4.87. The molecule has 3 heterocycles. The summed E-state index contributed by atoms with van der Waals surface area (Å²) >= 11 is 3.14. The predicted molar refractivity (Wildman–Crippen MR) is 112 cm³/mol. The van der Waals surface area contributed by atoms with Gasteiger partial charge in [0, 0.05) is 16.5 Å². The van der Waals surface area contributed by atoms with Gasteiger partial charge in [-0.05, 0) is 43.0 Å². The maximum absolute atomic E-state index is 13.5. The molecule has 0 amide bonds. The summed E-state index contributed by atoms with van der Waals surface area (Å²) in [5.41, 5.74) is 8.95. The van der Waals surface area contributed by atoms with Crippen molar-refractivity contribution < 1.29 is 18.9 Å². The molecule has 0 saturated heterocycles. The van der Waals surface area contributed by atoms with Crippen LogP contribution in [0.2, 0.25) is 0 Å². The number of aromatic amines is 1. The fraction of sp³-hybridized carbons (Fsp3) is 0.143. The highest BCUT2D eigenvalue weighted by Gasteiger charge is 2.26. The summed E-state index contributed by atoms with van der Waals surface area (Å²) in [7, 11) is 0. The van der Waals surface area contributed by atoms with E-state index in [4.69, 9.17) is 10.5 Å². The van der Waals surface area contributed by atoms with Crippen molar-refractivity contribution in [3.63, 3.8) is 0 Å². The van der Waals surface area contributed by atoms with E-state index in [-0.39, 0.29) is 11.9 Å². The van der Waals surface area contributed by atoms with Crippen LogP contribution in [0.25, 0.3) is 31.1 Å². The lowest BCUT2D eigenvalue weighted by Crippen LogP contribution is -2.22. The number of nitrogens with one attached hydrogen (secondary N) is 1. The summed E-state index contributed by atoms with van der Waals surface area (Å²) in [6, 6.07) is 12.0. The first kappa shape index (κ1) is 18.6. The molecule has 0 spiro atoms. The third kappa shape index (κ3) is 3.39. The average molecular weight is 414 g/mol. The third-order valence-electron chi connectivity index (χ3n) is 4.19. The van der Waals surface area contributed by atoms with Gasteiger partial charge in [0.15, 0.2) is 0 Å². The van der Waals surface area contributed by atoms with Crippen molar-refractivity contribution in [2.45, 2.75) is 20.0 Å². The van der Waals surface area contributed by atoms with Gasteiger partial charge >= 0.3 is 5.97 Å². The van der Waals surface area contributed by atoms with E-state index in [1.54, 1.807) is 43.4 Å². The second-order valence-electron chi connectivity index (χ2n) is 6.59. The number of fused-ring (bicyclic) bond motifs is 1. The van der Waals surface area contributed by atoms with Crippen molar-refractivity contribution in [1.82, 2.24) is 0 Å². The third-order valence-corrected chi connectivity index (χ3v) is 6.34. The number of nitrogen functional groups attached to an aromatic ring is 1. The molecule has 3 N–H and O–H groups in total. The molecule has 0 radical (unpaired) electrons. The zero-order chi connectivity index (χ0) is 19.8. The number of aromatic nitrogens is 1. The quantitative estimate of drug-likeness (QED) is 0.456. The first-order valence-electron chi connectivity index (χ1n) is 8.73. The maximum atomic E-state index is 13.5. The molecule has 0 fully saturated rings. The van der Waals surface area contributed by atoms with Crippen LogP contribution in [0.3, 0.4) is 0 Å². The van der Waals surface area contributed by atoms with E-state index in [2.05, 4.69) is 4.98 Å². The number of thiophene rings is 2. The minimum Gasteiger partial charge on any atom is -0.455 e. The molecular weight excluding hydrogens is 395 g/mol. The molecule has 0 aliphatic heterocycles. The lowest BCUT2D eigenvalue weighted by Gasteiger charge is -2.06. The Balaban J connectivity index is 1.96. The lowest BCUT2D eigenvalue weighted by molar-refractivity contribution is -0.348. The SMILES string of the molecule is CC(C)OC(=O)c1cc(N)c2c(-c3ccc(F)cc3)c(-c3cccs3)sc2[nH+]1.